The van der Waals surface area contributed by atoms with E-state index in [0.717, 1.165) is 15.6 Å². The van der Waals surface area contributed by atoms with E-state index in [9.17, 15) is 13.2 Å². The molecule has 0 atom stereocenters. The van der Waals surface area contributed by atoms with Crippen molar-refractivity contribution in [3.8, 4) is 0 Å². The lowest BCUT2D eigenvalue weighted by molar-refractivity contribution is 0.0697. The van der Waals surface area contributed by atoms with E-state index in [-0.39, 0.29) is 9.77 Å². The van der Waals surface area contributed by atoms with E-state index >= 15 is 0 Å². The van der Waals surface area contributed by atoms with Crippen molar-refractivity contribution in [2.24, 2.45) is 0 Å². The molecule has 0 aliphatic rings. The molecule has 0 spiro atoms. The average molecular weight is 297 g/mol. The van der Waals surface area contributed by atoms with Crippen LogP contribution >= 0.6 is 11.3 Å². The highest BCUT2D eigenvalue weighted by atomic mass is 32.2. The van der Waals surface area contributed by atoms with Gasteiger partial charge in [0, 0.05) is 12.4 Å². The molecular formula is C12H11NO4S2. The minimum atomic E-state index is -3.72. The van der Waals surface area contributed by atoms with Crippen LogP contribution < -0.4 is 4.31 Å². The molecule has 0 bridgehead atoms. The maximum atomic E-state index is 12.3. The van der Waals surface area contributed by atoms with Gasteiger partial charge in [0.05, 0.1) is 11.3 Å². The first-order valence-electron chi connectivity index (χ1n) is 5.29. The first-order valence-corrected chi connectivity index (χ1v) is 7.60. The standard InChI is InChI=1S/C12H11NO4S2/c1-13(10-5-3-2-4-6-10)19(16,17)11-7-9(8-18-11)12(14)15/h2-8H,1H3,(H,14,15). The minimum absolute atomic E-state index is 0.0104. The monoisotopic (exact) mass is 297 g/mol. The second-order valence-electron chi connectivity index (χ2n) is 3.77. The summed E-state index contributed by atoms with van der Waals surface area (Å²) in [7, 11) is -2.28. The second-order valence-corrected chi connectivity index (χ2v) is 6.87. The lowest BCUT2D eigenvalue weighted by atomic mass is 10.3. The van der Waals surface area contributed by atoms with E-state index in [2.05, 4.69) is 0 Å². The average Bonchev–Trinajstić information content (AvgIpc) is 2.89. The van der Waals surface area contributed by atoms with Crippen molar-refractivity contribution in [3.05, 3.63) is 47.3 Å². The molecule has 0 unspecified atom stereocenters. The lowest BCUT2D eigenvalue weighted by Gasteiger charge is -2.18. The Kier molecular flexibility index (Phi) is 3.59. The molecular weight excluding hydrogens is 286 g/mol. The fourth-order valence-corrected chi connectivity index (χ4v) is 3.99. The summed E-state index contributed by atoms with van der Waals surface area (Å²) in [6.45, 7) is 0. The molecule has 0 aliphatic carbocycles. The third kappa shape index (κ3) is 2.61. The fourth-order valence-electron chi connectivity index (χ4n) is 1.48. The number of thiophene rings is 1. The molecule has 1 N–H and O–H groups in total. The Labute approximate surface area is 114 Å². The highest BCUT2D eigenvalue weighted by Crippen LogP contribution is 2.26. The first-order chi connectivity index (χ1) is 8.93. The Morgan fingerprint density at radius 3 is 2.42 bits per heavy atom. The molecule has 0 amide bonds. The van der Waals surface area contributed by atoms with Crippen LogP contribution in [0.15, 0.2) is 46.0 Å². The lowest BCUT2D eigenvalue weighted by Crippen LogP contribution is -2.25. The number of carboxylic acids is 1. The van der Waals surface area contributed by atoms with Gasteiger partial charge in [0.15, 0.2) is 0 Å². The highest BCUT2D eigenvalue weighted by Gasteiger charge is 2.24. The van der Waals surface area contributed by atoms with Crippen LogP contribution in [0.25, 0.3) is 0 Å². The van der Waals surface area contributed by atoms with Gasteiger partial charge in [-0.15, -0.1) is 11.3 Å². The zero-order valence-electron chi connectivity index (χ0n) is 9.98. The fraction of sp³-hybridized carbons (Fsp3) is 0.0833. The van der Waals surface area contributed by atoms with Crippen molar-refractivity contribution in [2.45, 2.75) is 4.21 Å². The summed E-state index contributed by atoms with van der Waals surface area (Å²) in [5.41, 5.74) is 0.498. The van der Waals surface area contributed by atoms with Gasteiger partial charge in [-0.25, -0.2) is 13.2 Å². The largest absolute Gasteiger partial charge is 0.478 e. The van der Waals surface area contributed by atoms with Gasteiger partial charge in [0.2, 0.25) is 0 Å². The van der Waals surface area contributed by atoms with Crippen LogP contribution in [0.2, 0.25) is 0 Å². The summed E-state index contributed by atoms with van der Waals surface area (Å²) in [6.07, 6.45) is 0. The van der Waals surface area contributed by atoms with Gasteiger partial charge in [0.1, 0.15) is 4.21 Å². The molecule has 2 rings (SSSR count). The van der Waals surface area contributed by atoms with Gasteiger partial charge >= 0.3 is 5.97 Å². The van der Waals surface area contributed by atoms with E-state index in [0.29, 0.717) is 5.69 Å². The number of hydrogen-bond donors (Lipinski definition) is 1. The Hall–Kier alpha value is -1.86. The van der Waals surface area contributed by atoms with Gasteiger partial charge in [-0.1, -0.05) is 18.2 Å². The Bertz CT molecular complexity index is 692. The number of para-hydroxylation sites is 1. The van der Waals surface area contributed by atoms with Gasteiger partial charge in [0.25, 0.3) is 10.0 Å². The maximum Gasteiger partial charge on any atom is 0.336 e. The third-order valence-electron chi connectivity index (χ3n) is 2.56. The first kappa shape index (κ1) is 13.6. The van der Waals surface area contributed by atoms with Crippen LogP contribution in [0.3, 0.4) is 0 Å². The molecule has 2 aromatic rings. The number of aromatic carboxylic acids is 1. The van der Waals surface area contributed by atoms with Crippen LogP contribution in [0.1, 0.15) is 10.4 Å². The zero-order chi connectivity index (χ0) is 14.0. The highest BCUT2D eigenvalue weighted by molar-refractivity contribution is 7.94. The van der Waals surface area contributed by atoms with E-state index in [4.69, 9.17) is 5.11 Å². The van der Waals surface area contributed by atoms with E-state index in [1.165, 1.54) is 18.5 Å². The number of carboxylic acid groups (broad SMARTS) is 1. The van der Waals surface area contributed by atoms with E-state index in [1.54, 1.807) is 30.3 Å². The summed E-state index contributed by atoms with van der Waals surface area (Å²) in [5.74, 6) is -1.14. The summed E-state index contributed by atoms with van der Waals surface area (Å²) < 4.78 is 25.8. The van der Waals surface area contributed by atoms with Crippen LogP contribution in [0, 0.1) is 0 Å². The molecule has 19 heavy (non-hydrogen) atoms. The molecule has 0 fully saturated rings. The molecule has 0 saturated heterocycles. The number of benzene rings is 1. The number of hydrogen-bond acceptors (Lipinski definition) is 4. The van der Waals surface area contributed by atoms with Crippen molar-refractivity contribution in [2.75, 3.05) is 11.4 Å². The van der Waals surface area contributed by atoms with Crippen LogP contribution in [-0.2, 0) is 10.0 Å². The summed E-state index contributed by atoms with van der Waals surface area (Å²) in [5, 5.41) is 10.1. The summed E-state index contributed by atoms with van der Waals surface area (Å²) in [4.78, 5) is 10.8. The molecule has 0 aliphatic heterocycles. The molecule has 0 radical (unpaired) electrons. The van der Waals surface area contributed by atoms with Gasteiger partial charge in [-0.2, -0.15) is 0 Å². The normalized spacial score (nSPS) is 11.2. The number of anilines is 1. The molecule has 1 aromatic carbocycles. The quantitative estimate of drug-likeness (QED) is 0.939. The molecule has 1 heterocycles. The number of sulfonamides is 1. The Morgan fingerprint density at radius 2 is 1.89 bits per heavy atom. The smallest absolute Gasteiger partial charge is 0.336 e. The van der Waals surface area contributed by atoms with Crippen molar-refractivity contribution in [3.63, 3.8) is 0 Å². The van der Waals surface area contributed by atoms with E-state index in [1.807, 2.05) is 0 Å². The predicted molar refractivity (Wildman–Crippen MR) is 73.3 cm³/mol. The van der Waals surface area contributed by atoms with Gasteiger partial charge in [-0.3, -0.25) is 4.31 Å². The molecule has 1 aromatic heterocycles. The summed E-state index contributed by atoms with van der Waals surface area (Å²) >= 11 is 0.897. The Balaban J connectivity index is 2.39. The SMILES string of the molecule is CN(c1ccccc1)S(=O)(=O)c1cc(C(=O)O)cs1. The third-order valence-corrected chi connectivity index (χ3v) is 5.76. The van der Waals surface area contributed by atoms with Gasteiger partial charge in [-0.05, 0) is 18.2 Å². The molecule has 7 heteroatoms. The summed E-state index contributed by atoms with van der Waals surface area (Å²) in [6, 6.07) is 9.77. The van der Waals surface area contributed by atoms with Crippen molar-refractivity contribution < 1.29 is 18.3 Å². The van der Waals surface area contributed by atoms with Crippen molar-refractivity contribution >= 4 is 33.0 Å². The van der Waals surface area contributed by atoms with Crippen LogP contribution in [-0.4, -0.2) is 26.5 Å². The Morgan fingerprint density at radius 1 is 1.26 bits per heavy atom. The van der Waals surface area contributed by atoms with Crippen molar-refractivity contribution in [1.29, 1.82) is 0 Å². The van der Waals surface area contributed by atoms with Crippen LogP contribution in [0.5, 0.6) is 0 Å². The topological polar surface area (TPSA) is 74.7 Å². The molecule has 100 valence electrons. The maximum absolute atomic E-state index is 12.3. The number of rotatable bonds is 4. The number of carbonyl (C=O) groups is 1. The minimum Gasteiger partial charge on any atom is -0.478 e. The molecule has 0 saturated carbocycles. The molecule has 5 nitrogen and oxygen atoms in total. The van der Waals surface area contributed by atoms with Crippen LogP contribution in [0.4, 0.5) is 5.69 Å². The second kappa shape index (κ2) is 5.02. The van der Waals surface area contributed by atoms with Gasteiger partial charge < -0.3 is 5.11 Å². The predicted octanol–water partition coefficient (Wildman–Crippen LogP) is 2.27. The zero-order valence-corrected chi connectivity index (χ0v) is 11.6. The van der Waals surface area contributed by atoms with Crippen molar-refractivity contribution in [1.82, 2.24) is 0 Å². The van der Waals surface area contributed by atoms with E-state index < -0.39 is 16.0 Å². The number of nitrogens with zero attached hydrogens (tertiary/aromatic N) is 1.